The minimum atomic E-state index is -0.0909. The fourth-order valence-electron chi connectivity index (χ4n) is 12.1. The largest absolute Gasteiger partial charge is 1.00 e. The third kappa shape index (κ3) is 12.1. The molecule has 0 radical (unpaired) electrons. The second-order valence-electron chi connectivity index (χ2n) is 18.7. The molecule has 6 aliphatic carbocycles. The first-order valence-electron chi connectivity index (χ1n) is 23.7. The fraction of sp³-hybridized carbons (Fsp3) is 0.500. The van der Waals surface area contributed by atoms with Gasteiger partial charge in [-0.15, -0.1) is 35.4 Å². The van der Waals surface area contributed by atoms with Crippen LogP contribution in [-0.4, -0.2) is 35.0 Å². The molecule has 4 aromatic rings. The van der Waals surface area contributed by atoms with Crippen LogP contribution in [0.5, 0.6) is 0 Å². The van der Waals surface area contributed by atoms with Crippen LogP contribution in [0.25, 0.3) is 22.3 Å². The molecule has 4 saturated carbocycles. The molecule has 0 nitrogen and oxygen atoms in total. The minimum Gasteiger partial charge on any atom is -0.366 e. The second kappa shape index (κ2) is 24.4. The zero-order valence-electron chi connectivity index (χ0n) is 36.0. The maximum Gasteiger partial charge on any atom is 1.00 e. The first-order chi connectivity index (χ1) is 28.7. The van der Waals surface area contributed by atoms with Gasteiger partial charge in [0.2, 0.25) is 0 Å². The van der Waals surface area contributed by atoms with Crippen molar-refractivity contribution in [3.05, 3.63) is 131 Å². The number of hydrogen-bond donors (Lipinski definition) is 0. The van der Waals surface area contributed by atoms with E-state index in [1.807, 2.05) is 24.3 Å². The molecule has 0 aromatic heterocycles. The number of hydrogen-bond acceptors (Lipinski definition) is 0. The van der Waals surface area contributed by atoms with E-state index in [0.717, 1.165) is 24.0 Å². The van der Waals surface area contributed by atoms with Crippen LogP contribution in [0.4, 0.5) is 0 Å². The molecule has 4 heteroatoms. The van der Waals surface area contributed by atoms with Gasteiger partial charge >= 0.3 is 44.8 Å². The van der Waals surface area contributed by atoms with E-state index in [2.05, 4.69) is 72.5 Å². The smallest absolute Gasteiger partial charge is 0.366 e. The van der Waals surface area contributed by atoms with Gasteiger partial charge in [-0.2, -0.15) is 0 Å². The van der Waals surface area contributed by atoms with Gasteiger partial charge in [-0.3, -0.25) is 11.8 Å². The third-order valence-electron chi connectivity index (χ3n) is 15.1. The van der Waals surface area contributed by atoms with E-state index in [4.69, 9.17) is 12.8 Å². The Hall–Kier alpha value is -1.66. The normalized spacial score (nSPS) is 18.7. The summed E-state index contributed by atoms with van der Waals surface area (Å²) in [5.41, 5.74) is 17.2. The molecule has 0 heterocycles. The standard InChI is InChI=1S/C26H48P2.2C15H9.2Au/c1-5-13-23(14-6-1)27(24-15-7-2-8-16-24)21-22-28(25-17-9-3-10-18-25)26-19-11-4-12-20-26;2*1-2-11-7-8-13-10-12-5-3-4-6-14(12)15(13)9-11;;/h23-26H,1-22H2;2*3-9H,10H2;;/q;2*-1;2*+1/p+2. The van der Waals surface area contributed by atoms with Gasteiger partial charge in [-0.25, -0.2) is 0 Å². The van der Waals surface area contributed by atoms with Gasteiger partial charge in [-0.1, -0.05) is 86.3 Å². The summed E-state index contributed by atoms with van der Waals surface area (Å²) in [5, 5.41) is 0. The summed E-state index contributed by atoms with van der Waals surface area (Å²) >= 11 is 0. The second-order valence-corrected chi connectivity index (χ2v) is 25.2. The van der Waals surface area contributed by atoms with Crippen molar-refractivity contribution in [2.45, 2.75) is 164 Å². The number of fused-ring (bicyclic) bond motifs is 6. The Balaban J connectivity index is 0.000000160. The van der Waals surface area contributed by atoms with E-state index in [0.29, 0.717) is 0 Å². The van der Waals surface area contributed by atoms with E-state index in [-0.39, 0.29) is 60.6 Å². The van der Waals surface area contributed by atoms with Crippen molar-refractivity contribution in [1.82, 2.24) is 0 Å². The molecular formula is C56H68Au2P2+2. The van der Waals surface area contributed by atoms with Crippen LogP contribution in [0.2, 0.25) is 0 Å². The van der Waals surface area contributed by atoms with Crippen LogP contribution < -0.4 is 0 Å². The summed E-state index contributed by atoms with van der Waals surface area (Å²) in [6.45, 7) is 0. The molecule has 0 atom stereocenters. The van der Waals surface area contributed by atoms with Crippen molar-refractivity contribution in [2.75, 3.05) is 12.3 Å². The van der Waals surface area contributed by atoms with Crippen molar-refractivity contribution in [3.63, 3.8) is 0 Å². The SMILES string of the molecule is C1CCC([PH+](CC[PH+](C2CCCCC2)C2CCCCC2)C2CCCCC2)CC1.[Au+].[Au+].[C-]#Cc1ccc2c(c1)-c1ccccc1C2.[C-]#Cc1ccc2c(c1)-c1ccccc1C2. The van der Waals surface area contributed by atoms with Gasteiger partial charge in [0.05, 0.1) is 35.0 Å². The fourth-order valence-corrected chi connectivity index (χ4v) is 21.9. The van der Waals surface area contributed by atoms with E-state index < -0.39 is 0 Å². The zero-order chi connectivity index (χ0) is 39.5. The van der Waals surface area contributed by atoms with Crippen molar-refractivity contribution in [2.24, 2.45) is 0 Å². The Morgan fingerprint density at radius 2 is 0.683 bits per heavy atom. The van der Waals surface area contributed by atoms with Crippen LogP contribution in [-0.2, 0) is 57.6 Å². The molecule has 0 bridgehead atoms. The third-order valence-corrected chi connectivity index (χ3v) is 23.8. The minimum absolute atomic E-state index is 0. The predicted molar refractivity (Wildman–Crippen MR) is 256 cm³/mol. The predicted octanol–water partition coefficient (Wildman–Crippen LogP) is 15.1. The Morgan fingerprint density at radius 3 is 1.00 bits per heavy atom. The molecule has 60 heavy (non-hydrogen) atoms. The maximum absolute atomic E-state index is 7.14. The van der Waals surface area contributed by atoms with Gasteiger partial charge < -0.3 is 12.8 Å². The summed E-state index contributed by atoms with van der Waals surface area (Å²) in [4.78, 5) is 0. The van der Waals surface area contributed by atoms with Crippen molar-refractivity contribution in [1.29, 1.82) is 0 Å². The first-order valence-corrected chi connectivity index (χ1v) is 27.4. The Labute approximate surface area is 399 Å². The average molecular weight is 1200 g/mol. The molecule has 0 unspecified atom stereocenters. The van der Waals surface area contributed by atoms with Gasteiger partial charge in [0.15, 0.2) is 0 Å². The summed E-state index contributed by atoms with van der Waals surface area (Å²) in [5.74, 6) is 4.87. The molecule has 0 spiro atoms. The first kappa shape index (κ1) is 47.8. The Kier molecular flexibility index (Phi) is 19.5. The van der Waals surface area contributed by atoms with Crippen LogP contribution in [0.15, 0.2) is 84.9 Å². The van der Waals surface area contributed by atoms with Gasteiger partial charge in [0.1, 0.15) is 0 Å². The van der Waals surface area contributed by atoms with Crippen LogP contribution in [0.1, 0.15) is 162 Å². The Bertz CT molecular complexity index is 1850. The van der Waals surface area contributed by atoms with Crippen molar-refractivity contribution < 1.29 is 44.8 Å². The van der Waals surface area contributed by atoms with Gasteiger partial charge in [0, 0.05) is 15.8 Å². The van der Waals surface area contributed by atoms with E-state index in [9.17, 15) is 0 Å². The molecular weight excluding hydrogens is 1130 g/mol. The molecule has 10 rings (SSSR count). The molecule has 0 N–H and O–H groups in total. The van der Waals surface area contributed by atoms with Gasteiger partial charge in [-0.05, 0) is 160 Å². The Morgan fingerprint density at radius 1 is 0.383 bits per heavy atom. The monoisotopic (exact) mass is 1200 g/mol. The summed E-state index contributed by atoms with van der Waals surface area (Å²) in [6, 6.07) is 29.1. The molecule has 0 amide bonds. The van der Waals surface area contributed by atoms with E-state index in [1.54, 1.807) is 141 Å². The number of rotatable bonds is 7. The zero-order valence-corrected chi connectivity index (χ0v) is 42.3. The summed E-state index contributed by atoms with van der Waals surface area (Å²) in [6.07, 6.45) is 51.8. The molecule has 4 aromatic carbocycles. The van der Waals surface area contributed by atoms with E-state index in [1.165, 1.54) is 67.1 Å². The van der Waals surface area contributed by atoms with Crippen molar-refractivity contribution >= 4 is 15.8 Å². The molecule has 0 saturated heterocycles. The summed E-state index contributed by atoms with van der Waals surface area (Å²) in [7, 11) is -0.182. The van der Waals surface area contributed by atoms with E-state index >= 15 is 0 Å². The van der Waals surface area contributed by atoms with Crippen molar-refractivity contribution in [3.8, 4) is 34.1 Å². The van der Waals surface area contributed by atoms with Crippen LogP contribution in [0, 0.1) is 24.7 Å². The quantitative estimate of drug-likeness (QED) is 0.0647. The topological polar surface area (TPSA) is 0 Å². The summed E-state index contributed by atoms with van der Waals surface area (Å²) < 4.78 is 0. The average Bonchev–Trinajstić information content (AvgIpc) is 3.87. The number of benzene rings is 4. The molecule has 0 aliphatic heterocycles. The van der Waals surface area contributed by atoms with Crippen LogP contribution in [0.3, 0.4) is 0 Å². The van der Waals surface area contributed by atoms with Crippen LogP contribution >= 0.6 is 15.8 Å². The molecule has 322 valence electrons. The molecule has 6 aliphatic rings. The van der Waals surface area contributed by atoms with Gasteiger partial charge in [0.25, 0.3) is 0 Å². The maximum atomic E-state index is 7.14. The molecule has 4 fully saturated rings.